The minimum Gasteiger partial charge on any atom is -0.435 e. The van der Waals surface area contributed by atoms with Crippen LogP contribution in [0.25, 0.3) is 0 Å². The van der Waals surface area contributed by atoms with Gasteiger partial charge in [0.2, 0.25) is 0 Å². The lowest BCUT2D eigenvalue weighted by atomic mass is 10.1. The first-order valence-corrected chi connectivity index (χ1v) is 6.22. The summed E-state index contributed by atoms with van der Waals surface area (Å²) in [5.74, 6) is 0.507. The molecule has 0 atom stereocenters. The largest absolute Gasteiger partial charge is 0.435 e. The summed E-state index contributed by atoms with van der Waals surface area (Å²) in [6, 6.07) is 7.37. The number of nitrogens with zero attached hydrogens (tertiary/aromatic N) is 2. The molecule has 4 nitrogen and oxygen atoms in total. The number of aromatic nitrogens is 2. The van der Waals surface area contributed by atoms with E-state index in [4.69, 9.17) is 16.3 Å². The molecule has 0 fully saturated rings. The van der Waals surface area contributed by atoms with Crippen molar-refractivity contribution in [3.8, 4) is 11.6 Å². The van der Waals surface area contributed by atoms with Crippen molar-refractivity contribution in [1.82, 2.24) is 8.75 Å². The Kier molecular flexibility index (Phi) is 4.07. The van der Waals surface area contributed by atoms with Gasteiger partial charge in [-0.15, -0.1) is 11.0 Å². The maximum atomic E-state index is 11.6. The highest BCUT2D eigenvalue weighted by atomic mass is 35.5. The molecule has 0 aliphatic heterocycles. The van der Waals surface area contributed by atoms with Gasteiger partial charge in [0.15, 0.2) is 5.15 Å². The molecule has 0 saturated heterocycles. The van der Waals surface area contributed by atoms with E-state index in [0.29, 0.717) is 12.2 Å². The van der Waals surface area contributed by atoms with E-state index >= 15 is 0 Å². The van der Waals surface area contributed by atoms with E-state index in [-0.39, 0.29) is 11.0 Å². The van der Waals surface area contributed by atoms with Gasteiger partial charge in [0.25, 0.3) is 11.3 Å². The van der Waals surface area contributed by atoms with E-state index in [2.05, 4.69) is 15.3 Å². The number of ether oxygens (including phenoxy) is 1. The van der Waals surface area contributed by atoms with Crippen LogP contribution in [-0.2, 0) is 6.42 Å². The van der Waals surface area contributed by atoms with E-state index in [9.17, 15) is 4.79 Å². The van der Waals surface area contributed by atoms with Crippen LogP contribution in [0.5, 0.6) is 11.6 Å². The number of hydrogen-bond acceptors (Lipinski definition) is 5. The average molecular weight is 281 g/mol. The molecule has 0 N–H and O–H groups in total. The molecule has 0 aliphatic carbocycles. The molecule has 0 radical (unpaired) electrons. The Morgan fingerprint density at radius 3 is 2.94 bits per heavy atom. The highest BCUT2D eigenvalue weighted by Crippen LogP contribution is 2.23. The van der Waals surface area contributed by atoms with Gasteiger partial charge in [0.1, 0.15) is 5.75 Å². The zero-order chi connectivity index (χ0) is 13.0. The van der Waals surface area contributed by atoms with E-state index < -0.39 is 5.43 Å². The molecule has 1 heterocycles. The standard InChI is InChI=1S/C12H9ClN2O2S/c1-2-5-8-6-3-4-7-9(8)17-12-10(16)11(13)14-18-15-12/h2-4,6-7H,1,5H2. The second-order valence-electron chi connectivity index (χ2n) is 3.39. The van der Waals surface area contributed by atoms with E-state index in [1.807, 2.05) is 18.2 Å². The minimum absolute atomic E-state index is 0.0588. The zero-order valence-corrected chi connectivity index (χ0v) is 10.9. The van der Waals surface area contributed by atoms with Crippen LogP contribution in [-0.4, -0.2) is 8.75 Å². The first kappa shape index (κ1) is 12.7. The van der Waals surface area contributed by atoms with Crippen molar-refractivity contribution in [1.29, 1.82) is 0 Å². The third-order valence-electron chi connectivity index (χ3n) is 2.17. The third-order valence-corrected chi connectivity index (χ3v) is 3.04. The quantitative estimate of drug-likeness (QED) is 0.808. The van der Waals surface area contributed by atoms with Crippen molar-refractivity contribution in [3.05, 3.63) is 57.9 Å². The van der Waals surface area contributed by atoms with Crippen molar-refractivity contribution in [2.75, 3.05) is 0 Å². The molecule has 1 aromatic heterocycles. The van der Waals surface area contributed by atoms with Crippen molar-refractivity contribution in [3.63, 3.8) is 0 Å². The highest BCUT2D eigenvalue weighted by molar-refractivity contribution is 6.99. The Balaban J connectivity index is 2.37. The van der Waals surface area contributed by atoms with Gasteiger partial charge in [-0.25, -0.2) is 0 Å². The summed E-state index contributed by atoms with van der Waals surface area (Å²) >= 11 is 6.46. The fraction of sp³-hybridized carbons (Fsp3) is 0.0833. The van der Waals surface area contributed by atoms with Crippen LogP contribution < -0.4 is 10.2 Å². The fourth-order valence-corrected chi connectivity index (χ4v) is 1.92. The lowest BCUT2D eigenvalue weighted by Crippen LogP contribution is -2.08. The molecule has 92 valence electrons. The number of hydrogen-bond donors (Lipinski definition) is 0. The van der Waals surface area contributed by atoms with Crippen LogP contribution in [0.2, 0.25) is 5.15 Å². The van der Waals surface area contributed by atoms with E-state index in [1.54, 1.807) is 12.1 Å². The molecule has 1 aromatic carbocycles. The molecule has 2 rings (SSSR count). The predicted octanol–water partition coefficient (Wildman–Crippen LogP) is 3.07. The lowest BCUT2D eigenvalue weighted by Gasteiger charge is -2.07. The van der Waals surface area contributed by atoms with Gasteiger partial charge in [0.05, 0.1) is 11.7 Å². The van der Waals surface area contributed by atoms with Crippen molar-refractivity contribution < 1.29 is 4.74 Å². The SMILES string of the molecule is C=CCc1ccccc1Oc1nsnc(Cl)c1=O. The zero-order valence-electron chi connectivity index (χ0n) is 9.30. The maximum Gasteiger partial charge on any atom is 0.283 e. The minimum atomic E-state index is -0.510. The normalized spacial score (nSPS) is 10.1. The summed E-state index contributed by atoms with van der Waals surface area (Å²) in [7, 11) is 0. The van der Waals surface area contributed by atoms with E-state index in [1.165, 1.54) is 0 Å². The topological polar surface area (TPSA) is 52.1 Å². The summed E-state index contributed by atoms with van der Waals surface area (Å²) in [6.07, 6.45) is 2.41. The van der Waals surface area contributed by atoms with Gasteiger partial charge < -0.3 is 4.74 Å². The van der Waals surface area contributed by atoms with Crippen LogP contribution in [0.1, 0.15) is 5.56 Å². The Labute approximate surface area is 113 Å². The second kappa shape index (κ2) is 5.75. The molecule has 0 saturated carbocycles. The van der Waals surface area contributed by atoms with Crippen molar-refractivity contribution in [2.45, 2.75) is 6.42 Å². The molecular formula is C12H9ClN2O2S. The maximum absolute atomic E-state index is 11.6. The molecule has 0 aliphatic rings. The molecule has 18 heavy (non-hydrogen) atoms. The van der Waals surface area contributed by atoms with Crippen LogP contribution in [0, 0.1) is 0 Å². The predicted molar refractivity (Wildman–Crippen MR) is 71.6 cm³/mol. The highest BCUT2D eigenvalue weighted by Gasteiger charge is 2.11. The summed E-state index contributed by atoms with van der Waals surface area (Å²) in [4.78, 5) is 11.6. The Morgan fingerprint density at radius 2 is 2.17 bits per heavy atom. The number of rotatable bonds is 4. The molecular weight excluding hydrogens is 272 g/mol. The first-order chi connectivity index (χ1) is 8.72. The van der Waals surface area contributed by atoms with Gasteiger partial charge in [-0.3, -0.25) is 4.79 Å². The summed E-state index contributed by atoms with van der Waals surface area (Å²) in [5, 5.41) is -0.133. The summed E-state index contributed by atoms with van der Waals surface area (Å²) in [5.41, 5.74) is 0.412. The summed E-state index contributed by atoms with van der Waals surface area (Å²) in [6.45, 7) is 3.67. The smallest absolute Gasteiger partial charge is 0.283 e. The Hall–Kier alpha value is -1.72. The molecule has 0 amide bonds. The number of benzene rings is 1. The lowest BCUT2D eigenvalue weighted by molar-refractivity contribution is 0.457. The third kappa shape index (κ3) is 2.75. The first-order valence-electron chi connectivity index (χ1n) is 5.11. The Morgan fingerprint density at radius 1 is 1.39 bits per heavy atom. The molecule has 6 heteroatoms. The van der Waals surface area contributed by atoms with Crippen LogP contribution in [0.3, 0.4) is 0 Å². The molecule has 2 aromatic rings. The van der Waals surface area contributed by atoms with Gasteiger partial charge in [-0.1, -0.05) is 35.9 Å². The monoisotopic (exact) mass is 280 g/mol. The fourth-order valence-electron chi connectivity index (χ4n) is 1.36. The molecule has 0 unspecified atom stereocenters. The number of halogens is 1. The van der Waals surface area contributed by atoms with Gasteiger partial charge in [-0.2, -0.15) is 4.37 Å². The van der Waals surface area contributed by atoms with Gasteiger partial charge in [0, 0.05) is 0 Å². The molecule has 0 bridgehead atoms. The average Bonchev–Trinajstić information content (AvgIpc) is 2.37. The van der Waals surface area contributed by atoms with E-state index in [0.717, 1.165) is 17.3 Å². The van der Waals surface area contributed by atoms with Crippen molar-refractivity contribution >= 4 is 23.3 Å². The van der Waals surface area contributed by atoms with Gasteiger partial charge in [-0.05, 0) is 18.1 Å². The molecule has 0 spiro atoms. The van der Waals surface area contributed by atoms with Crippen LogP contribution in [0.4, 0.5) is 0 Å². The van der Waals surface area contributed by atoms with Crippen molar-refractivity contribution in [2.24, 2.45) is 0 Å². The van der Waals surface area contributed by atoms with Crippen LogP contribution in [0.15, 0.2) is 41.7 Å². The number of allylic oxidation sites excluding steroid dienone is 1. The van der Waals surface area contributed by atoms with Crippen LogP contribution >= 0.6 is 23.3 Å². The van der Waals surface area contributed by atoms with Gasteiger partial charge >= 0.3 is 0 Å². The Bertz CT molecular complexity index is 627. The number of para-hydroxylation sites is 1. The summed E-state index contributed by atoms with van der Waals surface area (Å²) < 4.78 is 12.9. The second-order valence-corrected chi connectivity index (χ2v) is 4.28.